The highest BCUT2D eigenvalue weighted by molar-refractivity contribution is 5.85. The number of halogens is 4. The second-order valence-corrected chi connectivity index (χ2v) is 2.96. The van der Waals surface area contributed by atoms with E-state index < -0.39 is 41.4 Å². The number of nitrogens with two attached hydrogens (primary N) is 1. The first-order chi connectivity index (χ1) is 6.93. The molecule has 3 nitrogen and oxygen atoms in total. The van der Waals surface area contributed by atoms with Crippen LogP contribution in [0.5, 0.6) is 0 Å². The van der Waals surface area contributed by atoms with Crippen LogP contribution in [0.4, 0.5) is 13.2 Å². The molecule has 0 spiro atoms. The van der Waals surface area contributed by atoms with Gasteiger partial charge in [0.2, 0.25) is 0 Å². The molecule has 1 rings (SSSR count). The maximum absolute atomic E-state index is 13.1. The van der Waals surface area contributed by atoms with Gasteiger partial charge in [0, 0.05) is 11.6 Å². The molecule has 16 heavy (non-hydrogen) atoms. The molecule has 1 atom stereocenters. The summed E-state index contributed by atoms with van der Waals surface area (Å²) in [5, 5.41) is 8.38. The van der Waals surface area contributed by atoms with Crippen LogP contribution in [-0.2, 0) is 4.79 Å². The Balaban J connectivity index is 0.00000225. The SMILES string of the molecule is Cl.N[C@@H](CC(=O)O)c1c(F)ccc(F)c1F. The second kappa shape index (κ2) is 5.72. The van der Waals surface area contributed by atoms with Gasteiger partial charge in [-0.1, -0.05) is 0 Å². The van der Waals surface area contributed by atoms with Crippen molar-refractivity contribution in [3.63, 3.8) is 0 Å². The van der Waals surface area contributed by atoms with Crippen molar-refractivity contribution >= 4 is 18.4 Å². The minimum absolute atomic E-state index is 0. The summed E-state index contributed by atoms with van der Waals surface area (Å²) < 4.78 is 38.8. The summed E-state index contributed by atoms with van der Waals surface area (Å²) in [6.07, 6.45) is -0.669. The minimum atomic E-state index is -1.44. The zero-order valence-corrected chi connectivity index (χ0v) is 8.73. The fourth-order valence-electron chi connectivity index (χ4n) is 1.17. The van der Waals surface area contributed by atoms with Crippen molar-refractivity contribution in [1.29, 1.82) is 0 Å². The number of aliphatic carboxylic acids is 1. The molecule has 7 heteroatoms. The zero-order chi connectivity index (χ0) is 11.6. The lowest BCUT2D eigenvalue weighted by atomic mass is 10.0. The first kappa shape index (κ1) is 14.7. The van der Waals surface area contributed by atoms with E-state index in [4.69, 9.17) is 10.8 Å². The van der Waals surface area contributed by atoms with Crippen LogP contribution in [0, 0.1) is 17.5 Å². The van der Waals surface area contributed by atoms with E-state index in [0.717, 1.165) is 0 Å². The van der Waals surface area contributed by atoms with Crippen molar-refractivity contribution in [1.82, 2.24) is 0 Å². The third-order valence-corrected chi connectivity index (χ3v) is 1.84. The van der Waals surface area contributed by atoms with Crippen LogP contribution in [0.1, 0.15) is 18.0 Å². The third-order valence-electron chi connectivity index (χ3n) is 1.84. The first-order valence-corrected chi connectivity index (χ1v) is 4.04. The van der Waals surface area contributed by atoms with Crippen LogP contribution in [-0.4, -0.2) is 11.1 Å². The van der Waals surface area contributed by atoms with Crippen LogP contribution in [0.3, 0.4) is 0 Å². The van der Waals surface area contributed by atoms with E-state index in [-0.39, 0.29) is 12.4 Å². The van der Waals surface area contributed by atoms with Crippen LogP contribution in [0.15, 0.2) is 12.1 Å². The summed E-state index contributed by atoms with van der Waals surface area (Å²) in [6, 6.07) is -0.0879. The molecule has 0 unspecified atom stereocenters. The van der Waals surface area contributed by atoms with Crippen LogP contribution >= 0.6 is 12.4 Å². The van der Waals surface area contributed by atoms with Crippen molar-refractivity contribution in [2.45, 2.75) is 12.5 Å². The molecule has 0 aromatic heterocycles. The Morgan fingerprint density at radius 1 is 1.31 bits per heavy atom. The molecule has 0 amide bonds. The van der Waals surface area contributed by atoms with Gasteiger partial charge < -0.3 is 10.8 Å². The van der Waals surface area contributed by atoms with Gasteiger partial charge in [-0.25, -0.2) is 13.2 Å². The highest BCUT2D eigenvalue weighted by atomic mass is 35.5. The van der Waals surface area contributed by atoms with Crippen molar-refractivity contribution in [2.75, 3.05) is 0 Å². The Morgan fingerprint density at radius 2 is 1.81 bits per heavy atom. The van der Waals surface area contributed by atoms with Gasteiger partial charge in [0.15, 0.2) is 11.6 Å². The lowest BCUT2D eigenvalue weighted by Gasteiger charge is -2.11. The smallest absolute Gasteiger partial charge is 0.305 e. The zero-order valence-electron chi connectivity index (χ0n) is 7.91. The van der Waals surface area contributed by atoms with Gasteiger partial charge in [-0.2, -0.15) is 0 Å². The van der Waals surface area contributed by atoms with Crippen LogP contribution in [0.2, 0.25) is 0 Å². The molecule has 1 aromatic rings. The van der Waals surface area contributed by atoms with Crippen LogP contribution in [0.25, 0.3) is 0 Å². The topological polar surface area (TPSA) is 63.3 Å². The van der Waals surface area contributed by atoms with Crippen molar-refractivity contribution in [3.05, 3.63) is 35.1 Å². The Labute approximate surface area is 95.5 Å². The summed E-state index contributed by atoms with van der Waals surface area (Å²) in [5.74, 6) is -5.07. The lowest BCUT2D eigenvalue weighted by molar-refractivity contribution is -0.137. The largest absolute Gasteiger partial charge is 0.481 e. The molecular weight excluding hydrogens is 247 g/mol. The standard InChI is InChI=1S/C9H8F3NO2.ClH/c10-4-1-2-5(11)9(12)8(4)6(13)3-7(14)15;/h1-2,6H,3,13H2,(H,14,15);1H/t6-;/m0./s1. The lowest BCUT2D eigenvalue weighted by Crippen LogP contribution is -2.18. The number of carbonyl (C=O) groups is 1. The van der Waals surface area contributed by atoms with E-state index >= 15 is 0 Å². The third kappa shape index (κ3) is 3.11. The molecule has 0 aliphatic rings. The Bertz CT molecular complexity index is 401. The molecular formula is C9H9ClF3NO2. The van der Waals surface area contributed by atoms with E-state index in [2.05, 4.69) is 0 Å². The molecule has 0 radical (unpaired) electrons. The maximum atomic E-state index is 13.1. The summed E-state index contributed by atoms with van der Waals surface area (Å²) in [6.45, 7) is 0. The molecule has 0 bridgehead atoms. The molecule has 1 aromatic carbocycles. The summed E-state index contributed by atoms with van der Waals surface area (Å²) in [5.41, 5.74) is 4.50. The number of hydrogen-bond acceptors (Lipinski definition) is 2. The molecule has 90 valence electrons. The monoisotopic (exact) mass is 255 g/mol. The number of rotatable bonds is 3. The van der Waals surface area contributed by atoms with E-state index in [1.54, 1.807) is 0 Å². The Kier molecular flexibility index (Phi) is 5.26. The van der Waals surface area contributed by atoms with Crippen molar-refractivity contribution in [2.24, 2.45) is 5.73 Å². The van der Waals surface area contributed by atoms with Gasteiger partial charge >= 0.3 is 5.97 Å². The first-order valence-electron chi connectivity index (χ1n) is 4.04. The number of carboxylic acids is 1. The van der Waals surface area contributed by atoms with Gasteiger partial charge in [0.05, 0.1) is 6.42 Å². The second-order valence-electron chi connectivity index (χ2n) is 2.96. The van der Waals surface area contributed by atoms with Gasteiger partial charge in [-0.15, -0.1) is 12.4 Å². The highest BCUT2D eigenvalue weighted by Gasteiger charge is 2.21. The van der Waals surface area contributed by atoms with E-state index in [1.807, 2.05) is 0 Å². The van der Waals surface area contributed by atoms with E-state index in [1.165, 1.54) is 0 Å². The number of benzene rings is 1. The van der Waals surface area contributed by atoms with Crippen LogP contribution < -0.4 is 5.73 Å². The molecule has 3 N–H and O–H groups in total. The van der Waals surface area contributed by atoms with Gasteiger partial charge in [0.25, 0.3) is 0 Å². The quantitative estimate of drug-likeness (QED) is 0.812. The summed E-state index contributed by atoms with van der Waals surface area (Å²) >= 11 is 0. The maximum Gasteiger partial charge on any atom is 0.305 e. The summed E-state index contributed by atoms with van der Waals surface area (Å²) in [7, 11) is 0. The predicted molar refractivity (Wildman–Crippen MR) is 52.7 cm³/mol. The molecule has 0 saturated heterocycles. The minimum Gasteiger partial charge on any atom is -0.481 e. The Morgan fingerprint density at radius 3 is 2.31 bits per heavy atom. The fraction of sp³-hybridized carbons (Fsp3) is 0.222. The summed E-state index contributed by atoms with van der Waals surface area (Å²) in [4.78, 5) is 10.3. The average molecular weight is 256 g/mol. The van der Waals surface area contributed by atoms with Gasteiger partial charge in [-0.3, -0.25) is 4.79 Å². The number of carboxylic acid groups (broad SMARTS) is 1. The number of hydrogen-bond donors (Lipinski definition) is 2. The molecule has 0 fully saturated rings. The Hall–Kier alpha value is -1.27. The highest BCUT2D eigenvalue weighted by Crippen LogP contribution is 2.23. The van der Waals surface area contributed by atoms with E-state index in [0.29, 0.717) is 12.1 Å². The van der Waals surface area contributed by atoms with Crippen molar-refractivity contribution in [3.8, 4) is 0 Å². The van der Waals surface area contributed by atoms with Crippen molar-refractivity contribution < 1.29 is 23.1 Å². The average Bonchev–Trinajstić information content (AvgIpc) is 2.11. The van der Waals surface area contributed by atoms with Gasteiger partial charge in [0.1, 0.15) is 5.82 Å². The molecule has 0 saturated carbocycles. The molecule has 0 heterocycles. The predicted octanol–water partition coefficient (Wildman–Crippen LogP) is 2.00. The molecule has 0 aliphatic heterocycles. The van der Waals surface area contributed by atoms with Gasteiger partial charge in [-0.05, 0) is 12.1 Å². The van der Waals surface area contributed by atoms with E-state index in [9.17, 15) is 18.0 Å². The normalized spacial score (nSPS) is 11.8. The fourth-order valence-corrected chi connectivity index (χ4v) is 1.17. The molecule has 0 aliphatic carbocycles.